The molecule has 4 heteroatoms. The molecular weight excluding hydrogens is 837 g/mol. The zero-order valence-corrected chi connectivity index (χ0v) is 31.4. The van der Waals surface area contributed by atoms with E-state index in [4.69, 9.17) is 26.3 Å². The van der Waals surface area contributed by atoms with E-state index in [1.54, 1.807) is 60.7 Å². The molecule has 3 nitrogen and oxygen atoms in total. The second-order valence-corrected chi connectivity index (χ2v) is 13.1. The molecule has 1 fully saturated rings. The van der Waals surface area contributed by atoms with E-state index in [0.717, 1.165) is 18.4 Å². The number of benzene rings is 5. The van der Waals surface area contributed by atoms with Gasteiger partial charge in [-0.15, -0.1) is 47.5 Å². The van der Waals surface area contributed by atoms with Crippen LogP contribution in [0.25, 0.3) is 66.7 Å². The van der Waals surface area contributed by atoms with Gasteiger partial charge in [0.25, 0.3) is 0 Å². The third kappa shape index (κ3) is 7.60. The molecule has 54 heavy (non-hydrogen) atoms. The Bertz CT molecular complexity index is 3170. The Balaban J connectivity index is 0.000000229. The van der Waals surface area contributed by atoms with Gasteiger partial charge in [-0.2, -0.15) is 0 Å². The summed E-state index contributed by atoms with van der Waals surface area (Å²) >= 11 is 0. The molecule has 8 aromatic rings. The summed E-state index contributed by atoms with van der Waals surface area (Å²) in [4.78, 5) is 8.66. The zero-order chi connectivity index (χ0) is 49.9. The van der Waals surface area contributed by atoms with Gasteiger partial charge in [-0.05, 0) is 109 Å². The number of aromatic nitrogens is 2. The fraction of sp³-hybridized carbons (Fsp3) is 0.200. The van der Waals surface area contributed by atoms with Crippen LogP contribution in [0.4, 0.5) is 0 Å². The first-order chi connectivity index (χ1) is 32.2. The molecule has 1 saturated carbocycles. The summed E-state index contributed by atoms with van der Waals surface area (Å²) in [6.45, 7) is -11.9. The monoisotopic (exact) mass is 897 g/mol. The van der Waals surface area contributed by atoms with Crippen molar-refractivity contribution in [3.63, 3.8) is 0 Å². The fourth-order valence-corrected chi connectivity index (χ4v) is 6.89. The largest absolute Gasteiger partial charge is 0.501 e. The van der Waals surface area contributed by atoms with Gasteiger partial charge >= 0.3 is 0 Å². The second kappa shape index (κ2) is 16.1. The normalized spacial score (nSPS) is 18.9. The van der Waals surface area contributed by atoms with Gasteiger partial charge < -0.3 is 14.4 Å². The van der Waals surface area contributed by atoms with E-state index in [-0.39, 0.29) is 59.0 Å². The summed E-state index contributed by atoms with van der Waals surface area (Å²) in [6.07, 6.45) is 5.62. The molecule has 3 heterocycles. The van der Waals surface area contributed by atoms with E-state index in [2.05, 4.69) is 22.1 Å². The first-order valence-corrected chi connectivity index (χ1v) is 17.3. The Morgan fingerprint density at radius 1 is 0.667 bits per heavy atom. The van der Waals surface area contributed by atoms with E-state index >= 15 is 0 Å². The van der Waals surface area contributed by atoms with Crippen molar-refractivity contribution in [2.75, 3.05) is 0 Å². The Hall–Kier alpha value is -5.15. The SMILES string of the molecule is [2H]C([2H])([2H])c1ccc(-c2[c-]cc(C([2H])([2H])[2H])c(-c3ccccc3)c2)nc1.[2H]C([2H])([2H])c1ccc2oc3c(-c4cc(-c5ccc(C6([2H])CCCC6)cc5C([2H])([2H])[2H])c(C([2H])([2H])[2H])cn4)[c-]ccc3c2c1.[Ir]. The van der Waals surface area contributed by atoms with Crippen LogP contribution in [0.3, 0.4) is 0 Å². The Labute approximate surface area is 355 Å². The van der Waals surface area contributed by atoms with Crippen molar-refractivity contribution in [3.05, 3.63) is 167 Å². The maximum atomic E-state index is 8.93. The minimum absolute atomic E-state index is 0. The molecule has 1 radical (unpaired) electrons. The van der Waals surface area contributed by atoms with Crippen molar-refractivity contribution in [2.45, 2.75) is 65.8 Å². The van der Waals surface area contributed by atoms with Crippen molar-refractivity contribution in [1.82, 2.24) is 9.97 Å². The minimum Gasteiger partial charge on any atom is -0.501 e. The van der Waals surface area contributed by atoms with Crippen LogP contribution in [0.15, 0.2) is 126 Å². The van der Waals surface area contributed by atoms with Gasteiger partial charge in [-0.3, -0.25) is 0 Å². The van der Waals surface area contributed by atoms with Crippen molar-refractivity contribution in [1.29, 1.82) is 0 Å². The molecule has 5 aromatic carbocycles. The molecule has 3 aromatic heterocycles. The molecule has 0 spiro atoms. The molecule has 0 unspecified atom stereocenters. The van der Waals surface area contributed by atoms with Crippen LogP contribution in [0.2, 0.25) is 0 Å². The third-order valence-electron chi connectivity index (χ3n) is 9.59. The number of rotatable bonds is 5. The third-order valence-corrected chi connectivity index (χ3v) is 9.59. The summed E-state index contributed by atoms with van der Waals surface area (Å²) in [7, 11) is 0. The summed E-state index contributed by atoms with van der Waals surface area (Å²) < 4.78 is 134. The Morgan fingerprint density at radius 2 is 1.48 bits per heavy atom. The first kappa shape index (κ1) is 22.3. The summed E-state index contributed by atoms with van der Waals surface area (Å²) in [5.41, 5.74) is 5.58. The van der Waals surface area contributed by atoms with Crippen LogP contribution in [-0.2, 0) is 20.1 Å². The predicted octanol–water partition coefficient (Wildman–Crippen LogP) is 13.5. The minimum atomic E-state index is -2.59. The summed E-state index contributed by atoms with van der Waals surface area (Å²) in [5.74, 6) is -0.875. The maximum absolute atomic E-state index is 8.93. The molecule has 271 valence electrons. The average Bonchev–Trinajstić information content (AvgIpc) is 3.91. The van der Waals surface area contributed by atoms with Crippen LogP contribution in [0.1, 0.15) is 86.9 Å². The number of pyridine rings is 2. The van der Waals surface area contributed by atoms with Gasteiger partial charge in [-0.25, -0.2) is 0 Å². The molecule has 0 N–H and O–H groups in total. The van der Waals surface area contributed by atoms with Crippen molar-refractivity contribution in [3.8, 4) is 44.8 Å². The van der Waals surface area contributed by atoms with Gasteiger partial charge in [0.15, 0.2) is 0 Å². The molecule has 1 aliphatic carbocycles. The maximum Gasteiger partial charge on any atom is 0.120 e. The van der Waals surface area contributed by atoms with Gasteiger partial charge in [0.2, 0.25) is 0 Å². The quantitative estimate of drug-likeness (QED) is 0.162. The van der Waals surface area contributed by atoms with Crippen LogP contribution < -0.4 is 0 Å². The van der Waals surface area contributed by atoms with E-state index in [0.29, 0.717) is 68.4 Å². The Kier molecular flexibility index (Phi) is 6.63. The van der Waals surface area contributed by atoms with E-state index in [1.807, 2.05) is 30.3 Å². The van der Waals surface area contributed by atoms with Crippen LogP contribution in [-0.4, -0.2) is 9.97 Å². The topological polar surface area (TPSA) is 38.9 Å². The van der Waals surface area contributed by atoms with Crippen molar-refractivity contribution < 1.29 is 46.5 Å². The number of fused-ring (bicyclic) bond motifs is 3. The molecule has 1 aliphatic rings. The Morgan fingerprint density at radius 3 is 2.26 bits per heavy atom. The van der Waals surface area contributed by atoms with E-state index in [9.17, 15) is 0 Å². The number of hydrogen-bond acceptors (Lipinski definition) is 3. The van der Waals surface area contributed by atoms with Gasteiger partial charge in [-0.1, -0.05) is 115 Å². The zero-order valence-electron chi connectivity index (χ0n) is 45.0. The molecule has 0 amide bonds. The van der Waals surface area contributed by atoms with Gasteiger partial charge in [0.1, 0.15) is 5.58 Å². The number of aryl methyl sites for hydroxylation is 5. The second-order valence-electron chi connectivity index (χ2n) is 13.1. The van der Waals surface area contributed by atoms with E-state index < -0.39 is 40.2 Å². The first-order valence-electron chi connectivity index (χ1n) is 25.3. The molecule has 0 aliphatic heterocycles. The fourth-order valence-electron chi connectivity index (χ4n) is 6.89. The van der Waals surface area contributed by atoms with Gasteiger partial charge in [0.05, 0.1) is 5.58 Å². The van der Waals surface area contributed by atoms with Crippen LogP contribution in [0.5, 0.6) is 0 Å². The van der Waals surface area contributed by atoms with Gasteiger partial charge in [0, 0.05) is 59.8 Å². The molecule has 9 rings (SSSR count). The number of hydrogen-bond donors (Lipinski definition) is 0. The molecule has 0 saturated heterocycles. The predicted molar refractivity (Wildman–Crippen MR) is 220 cm³/mol. The van der Waals surface area contributed by atoms with Crippen molar-refractivity contribution in [2.24, 2.45) is 0 Å². The molecule has 0 bridgehead atoms. The summed E-state index contributed by atoms with van der Waals surface area (Å²) in [5, 5.41) is 1.25. The standard InChI is InChI=1S/C31H28NO.C19H16N.Ir/c1-19-11-14-30-28(15-19)25-9-6-10-26(31(25)33-30)29-17-27(21(3)18-32-29)24-13-12-23(16-20(24)2)22-7-4-5-8-22;1-14-8-11-19(20-13-14)17-10-9-15(2)18(12-17)16-6-4-3-5-7-16;/h6,9,11-18,22H,4-5,7-8H2,1-3H3;3-9,11-13H,1-2H3;/q2*-1;/i1D3,2D3,3D3,22D;1D3,2D3;. The average molecular weight is 897 g/mol. The van der Waals surface area contributed by atoms with E-state index in [1.165, 1.54) is 30.6 Å². The van der Waals surface area contributed by atoms with Crippen LogP contribution in [0, 0.1) is 46.4 Å². The summed E-state index contributed by atoms with van der Waals surface area (Å²) in [6, 6.07) is 36.2. The van der Waals surface area contributed by atoms with Crippen molar-refractivity contribution >= 4 is 21.9 Å². The molecule has 0 atom stereocenters. The number of nitrogens with zero attached hydrogens (tertiary/aromatic N) is 2. The number of furan rings is 1. The van der Waals surface area contributed by atoms with Crippen LogP contribution >= 0.6 is 0 Å². The smallest absolute Gasteiger partial charge is 0.120 e. The molecular formula is C50H44IrN2O-2.